The Morgan fingerprint density at radius 1 is 1.00 bits per heavy atom. The van der Waals surface area contributed by atoms with Crippen LogP contribution in [0.4, 0.5) is 11.8 Å². The molecule has 1 atom stereocenters. The van der Waals surface area contributed by atoms with E-state index in [1.54, 1.807) is 29.1 Å². The molecule has 40 heavy (non-hydrogen) atoms. The maximum absolute atomic E-state index is 13.7. The number of allylic oxidation sites excluding steroid dienone is 1. The Labute approximate surface area is 236 Å². The van der Waals surface area contributed by atoms with Crippen molar-refractivity contribution in [2.75, 3.05) is 10.6 Å². The second-order valence-corrected chi connectivity index (χ2v) is 9.67. The van der Waals surface area contributed by atoms with Crippen molar-refractivity contribution >= 4 is 29.3 Å². The summed E-state index contributed by atoms with van der Waals surface area (Å²) in [5.74, 6) is 1.78. The monoisotopic (exact) mass is 548 g/mol. The van der Waals surface area contributed by atoms with Crippen molar-refractivity contribution in [1.29, 1.82) is 0 Å². The van der Waals surface area contributed by atoms with Crippen LogP contribution in [0, 0.1) is 0 Å². The normalized spacial score (nSPS) is 14.3. The van der Waals surface area contributed by atoms with E-state index >= 15 is 0 Å². The summed E-state index contributed by atoms with van der Waals surface area (Å²) in [6.45, 7) is 2.27. The minimum absolute atomic E-state index is 0.301. The standard InChI is InChI=1S/C31H25ClN6O2/c1-20-27(30(39)35-26-16-7-8-17-33-26)28(22-12-9-13-23(18-22)40-19-21-10-3-2-4-11-21)38-31(34-20)36-29(37-38)24-14-5-6-15-25(24)32/h2-18,28H,19H2,1H3,(H,33,35,39)(H,34,36,37). The minimum Gasteiger partial charge on any atom is -0.489 e. The van der Waals surface area contributed by atoms with E-state index in [4.69, 9.17) is 26.4 Å². The zero-order valence-electron chi connectivity index (χ0n) is 21.6. The number of rotatable bonds is 7. The quantitative estimate of drug-likeness (QED) is 0.241. The molecule has 0 saturated heterocycles. The van der Waals surface area contributed by atoms with Crippen molar-refractivity contribution < 1.29 is 9.53 Å². The summed E-state index contributed by atoms with van der Waals surface area (Å²) in [7, 11) is 0. The molecule has 0 aliphatic carbocycles. The molecule has 3 aromatic carbocycles. The number of nitrogens with one attached hydrogen (secondary N) is 2. The zero-order chi connectivity index (χ0) is 27.5. The van der Waals surface area contributed by atoms with E-state index < -0.39 is 6.04 Å². The zero-order valence-corrected chi connectivity index (χ0v) is 22.3. The van der Waals surface area contributed by atoms with E-state index in [-0.39, 0.29) is 5.91 Å². The van der Waals surface area contributed by atoms with Gasteiger partial charge in [-0.3, -0.25) is 4.79 Å². The van der Waals surface area contributed by atoms with Crippen molar-refractivity contribution in [3.05, 3.63) is 131 Å². The smallest absolute Gasteiger partial charge is 0.257 e. The topological polar surface area (TPSA) is 94.0 Å². The fraction of sp³-hybridized carbons (Fsp3) is 0.0968. The van der Waals surface area contributed by atoms with Crippen LogP contribution >= 0.6 is 11.6 Å². The second-order valence-electron chi connectivity index (χ2n) is 9.27. The number of aromatic nitrogens is 4. The van der Waals surface area contributed by atoms with Gasteiger partial charge in [0.05, 0.1) is 10.6 Å². The minimum atomic E-state index is -0.594. The predicted octanol–water partition coefficient (Wildman–Crippen LogP) is 6.50. The highest BCUT2D eigenvalue weighted by atomic mass is 35.5. The fourth-order valence-electron chi connectivity index (χ4n) is 4.65. The number of pyridine rings is 1. The van der Waals surface area contributed by atoms with Crippen LogP contribution in [-0.2, 0) is 11.4 Å². The summed E-state index contributed by atoms with van der Waals surface area (Å²) in [6.07, 6.45) is 1.63. The lowest BCUT2D eigenvalue weighted by molar-refractivity contribution is -0.113. The molecular weight excluding hydrogens is 524 g/mol. The molecule has 5 aromatic rings. The molecule has 0 spiro atoms. The number of anilines is 2. The number of benzene rings is 3. The number of amides is 1. The highest BCUT2D eigenvalue weighted by Crippen LogP contribution is 2.38. The number of hydrogen-bond acceptors (Lipinski definition) is 6. The maximum Gasteiger partial charge on any atom is 0.257 e. The van der Waals surface area contributed by atoms with Crippen LogP contribution in [0.1, 0.15) is 24.1 Å². The first-order valence-corrected chi connectivity index (χ1v) is 13.1. The first-order chi connectivity index (χ1) is 19.6. The summed E-state index contributed by atoms with van der Waals surface area (Å²) >= 11 is 6.47. The highest BCUT2D eigenvalue weighted by Gasteiger charge is 2.35. The number of fused-ring (bicyclic) bond motifs is 1. The molecule has 0 saturated carbocycles. The Morgan fingerprint density at radius 2 is 1.80 bits per heavy atom. The van der Waals surface area contributed by atoms with Crippen molar-refractivity contribution in [2.24, 2.45) is 0 Å². The first-order valence-electron chi connectivity index (χ1n) is 12.7. The van der Waals surface area contributed by atoms with Gasteiger partial charge in [-0.1, -0.05) is 72.3 Å². The Bertz CT molecular complexity index is 1700. The number of carbonyl (C=O) groups is 1. The van der Waals surface area contributed by atoms with E-state index in [0.717, 1.165) is 11.1 Å². The van der Waals surface area contributed by atoms with Gasteiger partial charge in [-0.15, -0.1) is 5.10 Å². The van der Waals surface area contributed by atoms with Crippen molar-refractivity contribution in [1.82, 2.24) is 19.7 Å². The van der Waals surface area contributed by atoms with Gasteiger partial charge in [0, 0.05) is 17.5 Å². The first kappa shape index (κ1) is 25.3. The fourth-order valence-corrected chi connectivity index (χ4v) is 4.87. The molecule has 198 valence electrons. The number of nitrogens with zero attached hydrogens (tertiary/aromatic N) is 4. The molecule has 2 N–H and O–H groups in total. The lowest BCUT2D eigenvalue weighted by Gasteiger charge is -2.28. The van der Waals surface area contributed by atoms with Gasteiger partial charge in [0.25, 0.3) is 5.91 Å². The van der Waals surface area contributed by atoms with Gasteiger partial charge >= 0.3 is 0 Å². The molecule has 1 aliphatic heterocycles. The largest absolute Gasteiger partial charge is 0.489 e. The van der Waals surface area contributed by atoms with Crippen LogP contribution < -0.4 is 15.4 Å². The van der Waals surface area contributed by atoms with Crippen LogP contribution in [0.25, 0.3) is 11.4 Å². The predicted molar refractivity (Wildman–Crippen MR) is 155 cm³/mol. The van der Waals surface area contributed by atoms with Crippen LogP contribution in [-0.4, -0.2) is 25.7 Å². The molecule has 1 aliphatic rings. The number of halogens is 1. The SMILES string of the molecule is CC1=C(C(=O)Nc2ccccn2)C(c2cccc(OCc3ccccc3)c2)n2nc(-c3ccccc3Cl)nc2N1. The summed E-state index contributed by atoms with van der Waals surface area (Å²) < 4.78 is 7.83. The average Bonchev–Trinajstić information content (AvgIpc) is 3.40. The molecule has 0 bridgehead atoms. The molecule has 8 nitrogen and oxygen atoms in total. The van der Waals surface area contributed by atoms with Gasteiger partial charge in [-0.05, 0) is 54.4 Å². The molecule has 2 aromatic heterocycles. The Kier molecular flexibility index (Phi) is 6.99. The second kappa shape index (κ2) is 11.0. The molecule has 9 heteroatoms. The van der Waals surface area contributed by atoms with Crippen molar-refractivity contribution in [3.63, 3.8) is 0 Å². The third-order valence-electron chi connectivity index (χ3n) is 6.54. The van der Waals surface area contributed by atoms with Gasteiger partial charge in [-0.2, -0.15) is 4.98 Å². The van der Waals surface area contributed by atoms with E-state index in [9.17, 15) is 4.79 Å². The lowest BCUT2D eigenvalue weighted by Crippen LogP contribution is -2.31. The maximum atomic E-state index is 13.7. The van der Waals surface area contributed by atoms with Gasteiger partial charge in [-0.25, -0.2) is 9.67 Å². The summed E-state index contributed by atoms with van der Waals surface area (Å²) in [5, 5.41) is 11.5. The Balaban J connectivity index is 1.41. The van der Waals surface area contributed by atoms with E-state index in [0.29, 0.717) is 51.8 Å². The molecule has 3 heterocycles. The van der Waals surface area contributed by atoms with Gasteiger partial charge in [0.2, 0.25) is 5.95 Å². The number of hydrogen-bond donors (Lipinski definition) is 2. The highest BCUT2D eigenvalue weighted by molar-refractivity contribution is 6.33. The van der Waals surface area contributed by atoms with E-state index in [1.807, 2.05) is 85.8 Å². The summed E-state index contributed by atoms with van der Waals surface area (Å²) in [5.41, 5.74) is 3.70. The van der Waals surface area contributed by atoms with Crippen LogP contribution in [0.15, 0.2) is 115 Å². The summed E-state index contributed by atoms with van der Waals surface area (Å²) in [6, 6.07) is 29.8. The molecule has 0 radical (unpaired) electrons. The van der Waals surface area contributed by atoms with E-state index in [1.165, 1.54) is 0 Å². The van der Waals surface area contributed by atoms with Crippen molar-refractivity contribution in [3.8, 4) is 17.1 Å². The van der Waals surface area contributed by atoms with Crippen molar-refractivity contribution in [2.45, 2.75) is 19.6 Å². The Hall–Kier alpha value is -4.95. The van der Waals surface area contributed by atoms with E-state index in [2.05, 4.69) is 15.6 Å². The van der Waals surface area contributed by atoms with Crippen LogP contribution in [0.3, 0.4) is 0 Å². The van der Waals surface area contributed by atoms with Gasteiger partial charge in [0.15, 0.2) is 5.82 Å². The third-order valence-corrected chi connectivity index (χ3v) is 6.87. The third kappa shape index (κ3) is 5.17. The number of ether oxygens (including phenoxy) is 1. The Morgan fingerprint density at radius 3 is 2.60 bits per heavy atom. The lowest BCUT2D eigenvalue weighted by atomic mass is 9.95. The molecule has 6 rings (SSSR count). The van der Waals surface area contributed by atoms with Gasteiger partial charge < -0.3 is 15.4 Å². The van der Waals surface area contributed by atoms with Gasteiger partial charge in [0.1, 0.15) is 24.2 Å². The van der Waals surface area contributed by atoms with Crippen LogP contribution in [0.2, 0.25) is 5.02 Å². The molecule has 0 fully saturated rings. The van der Waals surface area contributed by atoms with Crippen LogP contribution in [0.5, 0.6) is 5.75 Å². The summed E-state index contributed by atoms with van der Waals surface area (Å²) in [4.78, 5) is 22.7. The number of carbonyl (C=O) groups excluding carboxylic acids is 1. The molecular formula is C31H25ClN6O2. The molecule has 1 unspecified atom stereocenters. The molecule has 1 amide bonds. The average molecular weight is 549 g/mol.